The molecule has 0 aliphatic rings. The normalized spacial score (nSPS) is 13.3. The highest BCUT2D eigenvalue weighted by molar-refractivity contribution is 8.00. The third-order valence-electron chi connectivity index (χ3n) is 2.06. The molecule has 0 aliphatic carbocycles. The van der Waals surface area contributed by atoms with Crippen LogP contribution in [-0.2, 0) is 14.3 Å². The molecule has 0 aromatic carbocycles. The Morgan fingerprint density at radius 1 is 1.32 bits per heavy atom. The van der Waals surface area contributed by atoms with Gasteiger partial charge in [-0.25, -0.2) is 4.79 Å². The Kier molecular flexibility index (Phi) is 8.98. The highest BCUT2D eigenvalue weighted by atomic mass is 32.2. The van der Waals surface area contributed by atoms with E-state index >= 15 is 0 Å². The summed E-state index contributed by atoms with van der Waals surface area (Å²) in [7, 11) is 0. The van der Waals surface area contributed by atoms with Crippen molar-refractivity contribution in [1.82, 2.24) is 10.6 Å². The molecule has 0 aromatic rings. The van der Waals surface area contributed by atoms with Gasteiger partial charge in [-0.15, -0.1) is 11.8 Å². The van der Waals surface area contributed by atoms with E-state index in [1.165, 1.54) is 11.8 Å². The molecule has 8 heteroatoms. The zero-order chi connectivity index (χ0) is 14.8. The lowest BCUT2D eigenvalue weighted by Crippen LogP contribution is -2.43. The monoisotopic (exact) mass is 291 g/mol. The predicted octanol–water partition coefficient (Wildman–Crippen LogP) is -0.156. The highest BCUT2D eigenvalue weighted by Gasteiger charge is 2.20. The van der Waals surface area contributed by atoms with Crippen molar-refractivity contribution in [1.29, 1.82) is 0 Å². The summed E-state index contributed by atoms with van der Waals surface area (Å²) in [5.74, 6) is -0.665. The lowest BCUT2D eigenvalue weighted by atomic mass is 10.4. The fraction of sp³-hybridized carbons (Fsp3) is 0.727. The number of nitrogens with two attached hydrogens (primary N) is 1. The molecular weight excluding hydrogens is 270 g/mol. The fourth-order valence-corrected chi connectivity index (χ4v) is 1.90. The first-order valence-electron chi connectivity index (χ1n) is 6.04. The van der Waals surface area contributed by atoms with E-state index in [9.17, 15) is 14.4 Å². The number of amides is 3. The van der Waals surface area contributed by atoms with Gasteiger partial charge in [0.05, 0.1) is 11.9 Å². The summed E-state index contributed by atoms with van der Waals surface area (Å²) in [6.07, 6.45) is 0. The summed E-state index contributed by atoms with van der Waals surface area (Å²) in [5, 5.41) is 4.16. The maximum atomic E-state index is 11.6. The van der Waals surface area contributed by atoms with Crippen molar-refractivity contribution in [3.05, 3.63) is 0 Å². The van der Waals surface area contributed by atoms with Crippen LogP contribution in [0.3, 0.4) is 0 Å². The number of carbonyl (C=O) groups excluding carboxylic acids is 3. The Balaban J connectivity index is 4.02. The first kappa shape index (κ1) is 17.7. The standard InChI is InChI=1S/C11H21N3O4S/c1-4-13-11(17)14-9(15)7(3)19-6-8(12)10(16)18-5-2/h7-8H,4-6,12H2,1-3H3,(H2,13,14,15,17). The molecule has 2 atom stereocenters. The maximum absolute atomic E-state index is 11.6. The lowest BCUT2D eigenvalue weighted by molar-refractivity contribution is -0.144. The minimum atomic E-state index is -0.773. The van der Waals surface area contributed by atoms with E-state index in [2.05, 4.69) is 10.6 Å². The van der Waals surface area contributed by atoms with Crippen LogP contribution in [0.25, 0.3) is 0 Å². The van der Waals surface area contributed by atoms with E-state index in [1.807, 2.05) is 0 Å². The number of urea groups is 1. The van der Waals surface area contributed by atoms with Gasteiger partial charge in [0, 0.05) is 12.3 Å². The van der Waals surface area contributed by atoms with Gasteiger partial charge in [-0.05, 0) is 20.8 Å². The number of esters is 1. The van der Waals surface area contributed by atoms with Crippen molar-refractivity contribution in [3.8, 4) is 0 Å². The Hall–Kier alpha value is -1.28. The summed E-state index contributed by atoms with van der Waals surface area (Å²) < 4.78 is 4.75. The predicted molar refractivity (Wildman–Crippen MR) is 73.7 cm³/mol. The Bertz CT molecular complexity index is 325. The van der Waals surface area contributed by atoms with Crippen LogP contribution in [-0.4, -0.2) is 48.1 Å². The van der Waals surface area contributed by atoms with Gasteiger partial charge in [0.2, 0.25) is 5.91 Å². The van der Waals surface area contributed by atoms with E-state index in [0.717, 1.165) is 0 Å². The van der Waals surface area contributed by atoms with Crippen LogP contribution in [0.2, 0.25) is 0 Å². The summed E-state index contributed by atoms with van der Waals surface area (Å²) in [6, 6.07) is -1.31. The van der Waals surface area contributed by atoms with E-state index in [0.29, 0.717) is 6.54 Å². The summed E-state index contributed by atoms with van der Waals surface area (Å²) in [6.45, 7) is 5.79. The van der Waals surface area contributed by atoms with E-state index in [4.69, 9.17) is 10.5 Å². The molecule has 0 fully saturated rings. The molecule has 0 radical (unpaired) electrons. The molecule has 0 aliphatic heterocycles. The van der Waals surface area contributed by atoms with Gasteiger partial charge in [-0.1, -0.05) is 0 Å². The molecule has 7 nitrogen and oxygen atoms in total. The molecule has 0 aromatic heterocycles. The van der Waals surface area contributed by atoms with E-state index < -0.39 is 29.2 Å². The second-order valence-electron chi connectivity index (χ2n) is 3.68. The molecular formula is C11H21N3O4S. The van der Waals surface area contributed by atoms with Crippen molar-refractivity contribution in [2.45, 2.75) is 32.1 Å². The van der Waals surface area contributed by atoms with Crippen molar-refractivity contribution < 1.29 is 19.1 Å². The summed E-state index contributed by atoms with van der Waals surface area (Å²) in [5.41, 5.74) is 5.59. The Labute approximate surface area is 117 Å². The number of nitrogens with one attached hydrogen (secondary N) is 2. The fourth-order valence-electron chi connectivity index (χ4n) is 1.06. The van der Waals surface area contributed by atoms with Gasteiger partial charge in [-0.3, -0.25) is 14.9 Å². The van der Waals surface area contributed by atoms with E-state index in [-0.39, 0.29) is 12.4 Å². The zero-order valence-electron chi connectivity index (χ0n) is 11.4. The van der Waals surface area contributed by atoms with Crippen molar-refractivity contribution in [3.63, 3.8) is 0 Å². The molecule has 0 saturated heterocycles. The largest absolute Gasteiger partial charge is 0.465 e. The molecule has 19 heavy (non-hydrogen) atoms. The molecule has 4 N–H and O–H groups in total. The minimum absolute atomic E-state index is 0.253. The first-order valence-corrected chi connectivity index (χ1v) is 7.09. The third kappa shape index (κ3) is 7.68. The van der Waals surface area contributed by atoms with Crippen LogP contribution in [0.5, 0.6) is 0 Å². The zero-order valence-corrected chi connectivity index (χ0v) is 12.2. The maximum Gasteiger partial charge on any atom is 0.323 e. The van der Waals surface area contributed by atoms with Gasteiger partial charge in [-0.2, -0.15) is 0 Å². The number of rotatable bonds is 7. The summed E-state index contributed by atoms with van der Waals surface area (Å²) in [4.78, 5) is 34.0. The van der Waals surface area contributed by atoms with Crippen molar-refractivity contribution in [2.24, 2.45) is 5.73 Å². The first-order chi connectivity index (χ1) is 8.92. The second-order valence-corrected chi connectivity index (χ2v) is 5.06. The van der Waals surface area contributed by atoms with Crippen LogP contribution in [0.1, 0.15) is 20.8 Å². The molecule has 0 saturated carbocycles. The number of carbonyl (C=O) groups is 3. The lowest BCUT2D eigenvalue weighted by Gasteiger charge is -2.14. The third-order valence-corrected chi connectivity index (χ3v) is 3.32. The van der Waals surface area contributed by atoms with Crippen LogP contribution < -0.4 is 16.4 Å². The number of ether oxygens (including phenoxy) is 1. The molecule has 0 bridgehead atoms. The van der Waals surface area contributed by atoms with Crippen LogP contribution in [0.15, 0.2) is 0 Å². The van der Waals surface area contributed by atoms with Gasteiger partial charge in [0.1, 0.15) is 6.04 Å². The topological polar surface area (TPSA) is 111 Å². The number of hydrogen-bond acceptors (Lipinski definition) is 6. The van der Waals surface area contributed by atoms with Gasteiger partial charge in [0.25, 0.3) is 0 Å². The number of thioether (sulfide) groups is 1. The Morgan fingerprint density at radius 2 is 1.95 bits per heavy atom. The SMILES string of the molecule is CCNC(=O)NC(=O)C(C)SCC(N)C(=O)OCC. The van der Waals surface area contributed by atoms with Crippen molar-refractivity contribution >= 4 is 29.7 Å². The molecule has 0 rings (SSSR count). The van der Waals surface area contributed by atoms with Crippen LogP contribution in [0, 0.1) is 0 Å². The average Bonchev–Trinajstić information content (AvgIpc) is 2.35. The minimum Gasteiger partial charge on any atom is -0.465 e. The number of hydrogen-bond donors (Lipinski definition) is 3. The smallest absolute Gasteiger partial charge is 0.323 e. The van der Waals surface area contributed by atoms with Gasteiger partial charge >= 0.3 is 12.0 Å². The van der Waals surface area contributed by atoms with Gasteiger partial charge < -0.3 is 15.8 Å². The Morgan fingerprint density at radius 3 is 2.47 bits per heavy atom. The van der Waals surface area contributed by atoms with E-state index in [1.54, 1.807) is 20.8 Å². The second kappa shape index (κ2) is 9.62. The van der Waals surface area contributed by atoms with Gasteiger partial charge in [0.15, 0.2) is 0 Å². The summed E-state index contributed by atoms with van der Waals surface area (Å²) >= 11 is 1.19. The van der Waals surface area contributed by atoms with Crippen LogP contribution in [0.4, 0.5) is 4.79 Å². The molecule has 0 spiro atoms. The quantitative estimate of drug-likeness (QED) is 0.562. The molecule has 110 valence electrons. The van der Waals surface area contributed by atoms with Crippen molar-refractivity contribution in [2.75, 3.05) is 18.9 Å². The average molecular weight is 291 g/mol. The number of imide groups is 1. The molecule has 0 heterocycles. The highest BCUT2D eigenvalue weighted by Crippen LogP contribution is 2.11. The molecule has 3 amide bonds. The van der Waals surface area contributed by atoms with Crippen LogP contribution >= 0.6 is 11.8 Å². The molecule has 2 unspecified atom stereocenters.